The van der Waals surface area contributed by atoms with Gasteiger partial charge in [-0.15, -0.1) is 0 Å². The standard InChI is InChI=1S/C12H16O4/c1-3-4-5-6-10-9(12(14)15-2)7-8-11(13)16-10/h7-8H,3-6H2,1-2H3. The third-order valence-corrected chi connectivity index (χ3v) is 2.32. The third kappa shape index (κ3) is 3.22. The van der Waals surface area contributed by atoms with Crippen LogP contribution in [0.2, 0.25) is 0 Å². The van der Waals surface area contributed by atoms with Crippen molar-refractivity contribution >= 4 is 5.97 Å². The van der Waals surface area contributed by atoms with Crippen molar-refractivity contribution in [2.45, 2.75) is 32.6 Å². The number of aryl methyl sites for hydroxylation is 1. The lowest BCUT2D eigenvalue weighted by Gasteiger charge is -2.05. The highest BCUT2D eigenvalue weighted by atomic mass is 16.5. The fourth-order valence-corrected chi connectivity index (χ4v) is 1.47. The van der Waals surface area contributed by atoms with E-state index >= 15 is 0 Å². The molecule has 0 saturated carbocycles. The molecule has 0 unspecified atom stereocenters. The van der Waals surface area contributed by atoms with E-state index in [0.717, 1.165) is 19.3 Å². The van der Waals surface area contributed by atoms with Crippen LogP contribution in [-0.2, 0) is 11.2 Å². The molecule has 0 amide bonds. The van der Waals surface area contributed by atoms with Crippen LogP contribution in [0, 0.1) is 0 Å². The van der Waals surface area contributed by atoms with E-state index in [1.165, 1.54) is 19.2 Å². The summed E-state index contributed by atoms with van der Waals surface area (Å²) in [5, 5.41) is 0. The Morgan fingerprint density at radius 3 is 2.75 bits per heavy atom. The molecule has 0 saturated heterocycles. The molecule has 1 aromatic heterocycles. The highest BCUT2D eigenvalue weighted by molar-refractivity contribution is 5.90. The van der Waals surface area contributed by atoms with Crippen molar-refractivity contribution in [1.82, 2.24) is 0 Å². The molecular weight excluding hydrogens is 208 g/mol. The fourth-order valence-electron chi connectivity index (χ4n) is 1.47. The molecule has 0 aliphatic carbocycles. The minimum absolute atomic E-state index is 0.346. The van der Waals surface area contributed by atoms with Gasteiger partial charge in [-0.1, -0.05) is 19.8 Å². The third-order valence-electron chi connectivity index (χ3n) is 2.32. The van der Waals surface area contributed by atoms with Gasteiger partial charge in [0.15, 0.2) is 0 Å². The Hall–Kier alpha value is -1.58. The molecule has 1 rings (SSSR count). The van der Waals surface area contributed by atoms with Gasteiger partial charge in [0.25, 0.3) is 0 Å². The second-order valence-corrected chi connectivity index (χ2v) is 3.54. The molecule has 0 aromatic carbocycles. The van der Waals surface area contributed by atoms with Crippen molar-refractivity contribution in [3.8, 4) is 0 Å². The number of hydrogen-bond acceptors (Lipinski definition) is 4. The summed E-state index contributed by atoms with van der Waals surface area (Å²) in [6, 6.07) is 2.69. The van der Waals surface area contributed by atoms with Gasteiger partial charge in [-0.3, -0.25) is 0 Å². The van der Waals surface area contributed by atoms with Gasteiger partial charge in [-0.25, -0.2) is 9.59 Å². The maximum Gasteiger partial charge on any atom is 0.341 e. The Labute approximate surface area is 94.2 Å². The van der Waals surface area contributed by atoms with Crippen LogP contribution in [0.1, 0.15) is 42.3 Å². The second kappa shape index (κ2) is 6.10. The predicted octanol–water partition coefficient (Wildman–Crippen LogP) is 2.16. The predicted molar refractivity (Wildman–Crippen MR) is 59.5 cm³/mol. The Morgan fingerprint density at radius 1 is 1.38 bits per heavy atom. The molecule has 0 radical (unpaired) electrons. The van der Waals surface area contributed by atoms with Crippen LogP contribution in [-0.4, -0.2) is 13.1 Å². The first-order valence-corrected chi connectivity index (χ1v) is 5.40. The van der Waals surface area contributed by atoms with E-state index in [1.807, 2.05) is 0 Å². The van der Waals surface area contributed by atoms with Crippen LogP contribution in [0.3, 0.4) is 0 Å². The molecule has 0 atom stereocenters. The maximum absolute atomic E-state index is 11.4. The van der Waals surface area contributed by atoms with Crippen molar-refractivity contribution < 1.29 is 13.9 Å². The highest BCUT2D eigenvalue weighted by Gasteiger charge is 2.13. The van der Waals surface area contributed by atoms with Gasteiger partial charge in [-0.2, -0.15) is 0 Å². The molecule has 88 valence electrons. The fraction of sp³-hybridized carbons (Fsp3) is 0.500. The first-order chi connectivity index (χ1) is 7.69. The highest BCUT2D eigenvalue weighted by Crippen LogP contribution is 2.11. The summed E-state index contributed by atoms with van der Waals surface area (Å²) in [6.07, 6.45) is 3.60. The number of unbranched alkanes of at least 4 members (excludes halogenated alkanes) is 2. The average molecular weight is 224 g/mol. The van der Waals surface area contributed by atoms with Crippen molar-refractivity contribution in [2.75, 3.05) is 7.11 Å². The first-order valence-electron chi connectivity index (χ1n) is 5.40. The lowest BCUT2D eigenvalue weighted by molar-refractivity contribution is 0.0595. The molecular formula is C12H16O4. The van der Waals surface area contributed by atoms with E-state index in [2.05, 4.69) is 11.7 Å². The second-order valence-electron chi connectivity index (χ2n) is 3.54. The molecule has 0 spiro atoms. The summed E-state index contributed by atoms with van der Waals surface area (Å²) in [7, 11) is 1.31. The van der Waals surface area contributed by atoms with Crippen LogP contribution < -0.4 is 5.63 Å². The average Bonchev–Trinajstić information content (AvgIpc) is 2.29. The molecule has 1 heterocycles. The lowest BCUT2D eigenvalue weighted by Crippen LogP contribution is -2.10. The summed E-state index contributed by atoms with van der Waals surface area (Å²) in [5.74, 6) is -0.0388. The van der Waals surface area contributed by atoms with E-state index in [-0.39, 0.29) is 0 Å². The van der Waals surface area contributed by atoms with Gasteiger partial charge in [0, 0.05) is 12.5 Å². The molecule has 4 nitrogen and oxygen atoms in total. The number of hydrogen-bond donors (Lipinski definition) is 0. The Morgan fingerprint density at radius 2 is 2.12 bits per heavy atom. The van der Waals surface area contributed by atoms with Gasteiger partial charge >= 0.3 is 11.6 Å². The Bertz CT molecular complexity index is 406. The molecule has 0 fully saturated rings. The molecule has 0 aliphatic rings. The van der Waals surface area contributed by atoms with E-state index in [1.54, 1.807) is 0 Å². The van der Waals surface area contributed by atoms with Gasteiger partial charge in [-0.05, 0) is 12.5 Å². The number of esters is 1. The van der Waals surface area contributed by atoms with Crippen molar-refractivity contribution in [3.63, 3.8) is 0 Å². The summed E-state index contributed by atoms with van der Waals surface area (Å²) in [5.41, 5.74) is -0.0858. The molecule has 1 aromatic rings. The van der Waals surface area contributed by atoms with Crippen LogP contribution in [0.4, 0.5) is 0 Å². The largest absolute Gasteiger partial charge is 0.465 e. The minimum Gasteiger partial charge on any atom is -0.465 e. The normalized spacial score (nSPS) is 10.1. The Balaban J connectivity index is 2.90. The Kier molecular flexibility index (Phi) is 4.76. The van der Waals surface area contributed by atoms with E-state index < -0.39 is 11.6 Å². The number of rotatable bonds is 5. The number of ether oxygens (including phenoxy) is 1. The SMILES string of the molecule is CCCCCc1oc(=O)ccc1C(=O)OC. The zero-order valence-electron chi connectivity index (χ0n) is 9.62. The zero-order valence-corrected chi connectivity index (χ0v) is 9.62. The lowest BCUT2D eigenvalue weighted by atomic mass is 10.1. The summed E-state index contributed by atoms with van der Waals surface area (Å²) in [4.78, 5) is 22.5. The van der Waals surface area contributed by atoms with Crippen LogP contribution in [0.25, 0.3) is 0 Å². The monoisotopic (exact) mass is 224 g/mol. The van der Waals surface area contributed by atoms with Crippen molar-refractivity contribution in [3.05, 3.63) is 33.9 Å². The van der Waals surface area contributed by atoms with Crippen LogP contribution in [0.5, 0.6) is 0 Å². The van der Waals surface area contributed by atoms with Gasteiger partial charge < -0.3 is 9.15 Å². The van der Waals surface area contributed by atoms with Crippen LogP contribution in [0.15, 0.2) is 21.3 Å². The van der Waals surface area contributed by atoms with E-state index in [9.17, 15) is 9.59 Å². The topological polar surface area (TPSA) is 56.5 Å². The van der Waals surface area contributed by atoms with Crippen molar-refractivity contribution in [1.29, 1.82) is 0 Å². The minimum atomic E-state index is -0.463. The number of carbonyl (C=O) groups excluding carboxylic acids is 1. The van der Waals surface area contributed by atoms with Gasteiger partial charge in [0.2, 0.25) is 0 Å². The van der Waals surface area contributed by atoms with E-state index in [4.69, 9.17) is 4.42 Å². The van der Waals surface area contributed by atoms with Gasteiger partial charge in [0.1, 0.15) is 5.76 Å². The summed E-state index contributed by atoms with van der Waals surface area (Å²) in [6.45, 7) is 2.09. The molecule has 0 aliphatic heterocycles. The summed E-state index contributed by atoms with van der Waals surface area (Å²) < 4.78 is 9.64. The van der Waals surface area contributed by atoms with E-state index in [0.29, 0.717) is 17.7 Å². The molecule has 4 heteroatoms. The number of carbonyl (C=O) groups is 1. The smallest absolute Gasteiger partial charge is 0.341 e. The van der Waals surface area contributed by atoms with Crippen molar-refractivity contribution in [2.24, 2.45) is 0 Å². The molecule has 0 bridgehead atoms. The first kappa shape index (κ1) is 12.5. The summed E-state index contributed by atoms with van der Waals surface area (Å²) >= 11 is 0. The van der Waals surface area contributed by atoms with Crippen LogP contribution >= 0.6 is 0 Å². The molecule has 0 N–H and O–H groups in total. The molecule has 16 heavy (non-hydrogen) atoms. The maximum atomic E-state index is 11.4. The number of methoxy groups -OCH3 is 1. The quantitative estimate of drug-likeness (QED) is 0.568. The van der Waals surface area contributed by atoms with Gasteiger partial charge in [0.05, 0.1) is 12.7 Å². The zero-order chi connectivity index (χ0) is 12.0.